The predicted octanol–water partition coefficient (Wildman–Crippen LogP) is 2.94. The molecule has 0 fully saturated rings. The Kier molecular flexibility index (Phi) is 4.00. The number of halogens is 1. The first-order valence-electron chi connectivity index (χ1n) is 7.34. The summed E-state index contributed by atoms with van der Waals surface area (Å²) in [6.07, 6.45) is 5.29. The van der Waals surface area contributed by atoms with Crippen molar-refractivity contribution in [2.75, 3.05) is 5.32 Å². The van der Waals surface area contributed by atoms with E-state index >= 15 is 0 Å². The number of amides is 1. The highest BCUT2D eigenvalue weighted by Crippen LogP contribution is 2.27. The largest absolute Gasteiger partial charge is 0.323 e. The Balaban J connectivity index is 2.01. The van der Waals surface area contributed by atoms with Crippen molar-refractivity contribution in [3.05, 3.63) is 42.5 Å². The van der Waals surface area contributed by atoms with E-state index in [1.54, 1.807) is 6.07 Å². The third-order valence-electron chi connectivity index (χ3n) is 3.77. The van der Waals surface area contributed by atoms with Crippen LogP contribution in [0, 0.1) is 5.82 Å². The fourth-order valence-corrected chi connectivity index (χ4v) is 2.65. The first kappa shape index (κ1) is 14.4. The van der Waals surface area contributed by atoms with Gasteiger partial charge in [-0.3, -0.25) is 4.79 Å². The molecule has 114 valence electrons. The number of aromatic nitrogens is 3. The smallest absolute Gasteiger partial charge is 0.247 e. The number of nitrogens with zero attached hydrogens (tertiary/aromatic N) is 3. The van der Waals surface area contributed by atoms with E-state index in [1.165, 1.54) is 18.2 Å². The lowest BCUT2D eigenvalue weighted by molar-refractivity contribution is -0.111. The first-order chi connectivity index (χ1) is 10.7. The minimum Gasteiger partial charge on any atom is -0.323 e. The Morgan fingerprint density at radius 3 is 3.00 bits per heavy atom. The molecule has 3 rings (SSSR count). The number of rotatable bonds is 3. The number of carbonyl (C=O) groups excluding carboxylic acids is 1. The van der Waals surface area contributed by atoms with E-state index in [0.29, 0.717) is 17.1 Å². The highest BCUT2D eigenvalue weighted by atomic mass is 19.1. The van der Waals surface area contributed by atoms with Crippen molar-refractivity contribution in [1.82, 2.24) is 14.8 Å². The second-order valence-corrected chi connectivity index (χ2v) is 5.29. The molecule has 1 aromatic carbocycles. The fourth-order valence-electron chi connectivity index (χ4n) is 2.65. The normalized spacial score (nSPS) is 14.0. The van der Waals surface area contributed by atoms with E-state index in [4.69, 9.17) is 0 Å². The number of hydrogen-bond donors (Lipinski definition) is 1. The zero-order chi connectivity index (χ0) is 15.5. The summed E-state index contributed by atoms with van der Waals surface area (Å²) in [5.41, 5.74) is 0.856. The Labute approximate surface area is 127 Å². The molecule has 1 aliphatic rings. The van der Waals surface area contributed by atoms with E-state index < -0.39 is 0 Å². The number of anilines is 1. The molecule has 1 aliphatic heterocycles. The molecule has 5 nitrogen and oxygen atoms in total. The highest BCUT2D eigenvalue weighted by molar-refractivity contribution is 5.99. The van der Waals surface area contributed by atoms with Crippen molar-refractivity contribution in [3.8, 4) is 11.4 Å². The van der Waals surface area contributed by atoms with Gasteiger partial charge in [-0.25, -0.2) is 4.39 Å². The fraction of sp³-hybridized carbons (Fsp3) is 0.312. The second-order valence-electron chi connectivity index (χ2n) is 5.29. The minimum atomic E-state index is -0.379. The van der Waals surface area contributed by atoms with Crippen LogP contribution in [0.2, 0.25) is 0 Å². The highest BCUT2D eigenvalue weighted by Gasteiger charge is 2.19. The van der Waals surface area contributed by atoms with Crippen LogP contribution in [0.25, 0.3) is 11.4 Å². The molecule has 1 N–H and O–H groups in total. The molecule has 0 radical (unpaired) electrons. The third kappa shape index (κ3) is 2.77. The van der Waals surface area contributed by atoms with Gasteiger partial charge in [0.2, 0.25) is 5.91 Å². The zero-order valence-electron chi connectivity index (χ0n) is 12.2. The lowest BCUT2D eigenvalue weighted by Crippen LogP contribution is -2.08. The van der Waals surface area contributed by atoms with Gasteiger partial charge in [0.15, 0.2) is 5.82 Å². The Hall–Kier alpha value is -2.50. The number of carbonyl (C=O) groups is 1. The molecule has 2 aromatic rings. The van der Waals surface area contributed by atoms with Crippen molar-refractivity contribution in [2.24, 2.45) is 0 Å². The van der Waals surface area contributed by atoms with Crippen LogP contribution in [-0.4, -0.2) is 20.7 Å². The molecule has 22 heavy (non-hydrogen) atoms. The summed E-state index contributed by atoms with van der Waals surface area (Å²) in [6, 6.07) is 4.42. The van der Waals surface area contributed by atoms with Crippen molar-refractivity contribution >= 4 is 11.6 Å². The topological polar surface area (TPSA) is 59.8 Å². The van der Waals surface area contributed by atoms with Crippen molar-refractivity contribution < 1.29 is 9.18 Å². The molecule has 1 aromatic heterocycles. The van der Waals surface area contributed by atoms with Crippen LogP contribution in [0.3, 0.4) is 0 Å². The van der Waals surface area contributed by atoms with Crippen molar-refractivity contribution in [2.45, 2.75) is 32.2 Å². The molecule has 0 atom stereocenters. The number of fused-ring (bicyclic) bond motifs is 1. The monoisotopic (exact) mass is 300 g/mol. The third-order valence-corrected chi connectivity index (χ3v) is 3.77. The average Bonchev–Trinajstić information content (AvgIpc) is 2.77. The van der Waals surface area contributed by atoms with Crippen LogP contribution in [0.15, 0.2) is 30.9 Å². The molecule has 0 bridgehead atoms. The van der Waals surface area contributed by atoms with E-state index in [0.717, 1.165) is 38.1 Å². The molecule has 6 heteroatoms. The summed E-state index contributed by atoms with van der Waals surface area (Å²) >= 11 is 0. The molecule has 0 spiro atoms. The first-order valence-corrected chi connectivity index (χ1v) is 7.34. The van der Waals surface area contributed by atoms with Gasteiger partial charge in [-0.05, 0) is 37.1 Å². The van der Waals surface area contributed by atoms with Crippen LogP contribution in [0.5, 0.6) is 0 Å². The van der Waals surface area contributed by atoms with Crippen LogP contribution < -0.4 is 5.32 Å². The van der Waals surface area contributed by atoms with Gasteiger partial charge >= 0.3 is 0 Å². The summed E-state index contributed by atoms with van der Waals surface area (Å²) in [4.78, 5) is 11.4. The maximum atomic E-state index is 14.2. The summed E-state index contributed by atoms with van der Waals surface area (Å²) in [7, 11) is 0. The number of nitrogens with one attached hydrogen (secondary N) is 1. The minimum absolute atomic E-state index is 0.336. The Morgan fingerprint density at radius 2 is 2.18 bits per heavy atom. The maximum Gasteiger partial charge on any atom is 0.247 e. The lowest BCUT2D eigenvalue weighted by Gasteiger charge is -2.09. The molecular weight excluding hydrogens is 283 g/mol. The van der Waals surface area contributed by atoms with E-state index in [2.05, 4.69) is 22.1 Å². The van der Waals surface area contributed by atoms with Crippen LogP contribution >= 0.6 is 0 Å². The maximum absolute atomic E-state index is 14.2. The predicted molar refractivity (Wildman–Crippen MR) is 81.8 cm³/mol. The van der Waals surface area contributed by atoms with Crippen molar-refractivity contribution in [1.29, 1.82) is 0 Å². The SMILES string of the molecule is C=CC(=O)Nc1ccc(F)c(-c2nnc3n2CCCCC3)c1. The summed E-state index contributed by atoms with van der Waals surface area (Å²) in [6.45, 7) is 4.19. The van der Waals surface area contributed by atoms with Gasteiger partial charge in [0.05, 0.1) is 5.56 Å². The molecule has 0 saturated carbocycles. The lowest BCUT2D eigenvalue weighted by atomic mass is 10.1. The van der Waals surface area contributed by atoms with Gasteiger partial charge in [0.1, 0.15) is 11.6 Å². The molecule has 0 unspecified atom stereocenters. The quantitative estimate of drug-likeness (QED) is 0.887. The van der Waals surface area contributed by atoms with Gasteiger partial charge in [-0.15, -0.1) is 10.2 Å². The van der Waals surface area contributed by atoms with Crippen molar-refractivity contribution in [3.63, 3.8) is 0 Å². The van der Waals surface area contributed by atoms with E-state index in [1.807, 2.05) is 4.57 Å². The van der Waals surface area contributed by atoms with Gasteiger partial charge in [0.25, 0.3) is 0 Å². The number of hydrogen-bond acceptors (Lipinski definition) is 3. The van der Waals surface area contributed by atoms with Gasteiger partial charge in [0, 0.05) is 18.7 Å². The molecule has 1 amide bonds. The molecule has 2 heterocycles. The zero-order valence-corrected chi connectivity index (χ0v) is 12.2. The van der Waals surface area contributed by atoms with Crippen LogP contribution in [0.4, 0.5) is 10.1 Å². The standard InChI is InChI=1S/C16H17FN4O/c1-2-15(22)18-11-7-8-13(17)12(10-11)16-20-19-14-6-4-3-5-9-21(14)16/h2,7-8,10H,1,3-6,9H2,(H,18,22). The second kappa shape index (κ2) is 6.09. The molecular formula is C16H17FN4O. The van der Waals surface area contributed by atoms with E-state index in [9.17, 15) is 9.18 Å². The van der Waals surface area contributed by atoms with Gasteiger partial charge < -0.3 is 9.88 Å². The number of benzene rings is 1. The Morgan fingerprint density at radius 1 is 1.32 bits per heavy atom. The summed E-state index contributed by atoms with van der Waals surface area (Å²) in [5, 5.41) is 11.0. The summed E-state index contributed by atoms with van der Waals surface area (Å²) < 4.78 is 16.2. The van der Waals surface area contributed by atoms with Crippen LogP contribution in [0.1, 0.15) is 25.1 Å². The molecule has 0 saturated heterocycles. The number of aryl methyl sites for hydroxylation is 1. The van der Waals surface area contributed by atoms with Gasteiger partial charge in [-0.2, -0.15) is 0 Å². The Bertz CT molecular complexity index is 723. The van der Waals surface area contributed by atoms with Crippen LogP contribution in [-0.2, 0) is 17.8 Å². The average molecular weight is 300 g/mol. The van der Waals surface area contributed by atoms with Gasteiger partial charge in [-0.1, -0.05) is 13.0 Å². The summed E-state index contributed by atoms with van der Waals surface area (Å²) in [5.74, 6) is 0.699. The molecule has 0 aliphatic carbocycles. The van der Waals surface area contributed by atoms with E-state index in [-0.39, 0.29) is 11.7 Å².